The van der Waals surface area contributed by atoms with Crippen LogP contribution in [0.4, 0.5) is 0 Å². The van der Waals surface area contributed by atoms with Gasteiger partial charge in [-0.2, -0.15) is 0 Å². The van der Waals surface area contributed by atoms with Crippen molar-refractivity contribution in [3.63, 3.8) is 0 Å². The number of piperazine rings is 1. The van der Waals surface area contributed by atoms with E-state index in [-0.39, 0.29) is 29.1 Å². The maximum atomic E-state index is 12.5. The van der Waals surface area contributed by atoms with Crippen molar-refractivity contribution in [2.24, 2.45) is 0 Å². The van der Waals surface area contributed by atoms with E-state index in [1.807, 2.05) is 6.92 Å². The van der Waals surface area contributed by atoms with Crippen LogP contribution in [0.3, 0.4) is 0 Å². The molecule has 1 N–H and O–H groups in total. The third-order valence-electron chi connectivity index (χ3n) is 3.75. The topological polar surface area (TPSA) is 82.6 Å². The Morgan fingerprint density at radius 1 is 1.09 bits per heavy atom. The van der Waals surface area contributed by atoms with Gasteiger partial charge in [0.15, 0.2) is 0 Å². The number of hydrogen-bond acceptors (Lipinski definition) is 4. The lowest BCUT2D eigenvalue weighted by Crippen LogP contribution is -2.50. The summed E-state index contributed by atoms with van der Waals surface area (Å²) in [6.07, 6.45) is 0.838. The van der Waals surface area contributed by atoms with Crippen LogP contribution < -0.4 is 5.32 Å². The van der Waals surface area contributed by atoms with E-state index in [9.17, 15) is 14.4 Å². The molecular weight excluding hydrogens is 296 g/mol. The average molecular weight is 318 g/mol. The van der Waals surface area contributed by atoms with Gasteiger partial charge in [0.25, 0.3) is 11.8 Å². The number of hydrogen-bond donors (Lipinski definition) is 1. The molecule has 7 nitrogen and oxygen atoms in total. The van der Waals surface area contributed by atoms with Crippen LogP contribution in [0, 0.1) is 0 Å². The molecule has 0 aliphatic carbocycles. The lowest BCUT2D eigenvalue weighted by molar-refractivity contribution is -0.130. The van der Waals surface area contributed by atoms with Crippen molar-refractivity contribution < 1.29 is 14.4 Å². The quantitative estimate of drug-likeness (QED) is 0.878. The third kappa shape index (κ3) is 4.28. The van der Waals surface area contributed by atoms with Crippen LogP contribution in [0.25, 0.3) is 0 Å². The highest BCUT2D eigenvalue weighted by Crippen LogP contribution is 2.08. The van der Waals surface area contributed by atoms with Crippen LogP contribution in [0.1, 0.15) is 41.2 Å². The van der Waals surface area contributed by atoms with Crippen molar-refractivity contribution in [3.05, 3.63) is 29.6 Å². The monoisotopic (exact) mass is 318 g/mol. The molecule has 1 aromatic heterocycles. The Morgan fingerprint density at radius 2 is 1.70 bits per heavy atom. The summed E-state index contributed by atoms with van der Waals surface area (Å²) in [5.41, 5.74) is 0.497. The van der Waals surface area contributed by atoms with E-state index in [1.165, 1.54) is 6.92 Å². The second-order valence-corrected chi connectivity index (χ2v) is 5.46. The number of carbonyl (C=O) groups excluding carboxylic acids is 3. The molecule has 0 saturated carbocycles. The van der Waals surface area contributed by atoms with Gasteiger partial charge in [0, 0.05) is 39.6 Å². The largest absolute Gasteiger partial charge is 0.351 e. The van der Waals surface area contributed by atoms with E-state index >= 15 is 0 Å². The third-order valence-corrected chi connectivity index (χ3v) is 3.75. The number of pyridine rings is 1. The lowest BCUT2D eigenvalue weighted by Gasteiger charge is -2.34. The molecule has 1 fully saturated rings. The molecule has 1 aliphatic rings. The van der Waals surface area contributed by atoms with Gasteiger partial charge in [-0.15, -0.1) is 0 Å². The Bertz CT molecular complexity index is 595. The minimum absolute atomic E-state index is 0.0183. The van der Waals surface area contributed by atoms with E-state index in [0.717, 1.165) is 6.42 Å². The highest BCUT2D eigenvalue weighted by molar-refractivity contribution is 5.96. The second kappa shape index (κ2) is 7.71. The second-order valence-electron chi connectivity index (χ2n) is 5.46. The lowest BCUT2D eigenvalue weighted by atomic mass is 10.2. The van der Waals surface area contributed by atoms with E-state index < -0.39 is 0 Å². The van der Waals surface area contributed by atoms with Crippen LogP contribution >= 0.6 is 0 Å². The average Bonchev–Trinajstić information content (AvgIpc) is 2.59. The van der Waals surface area contributed by atoms with E-state index in [0.29, 0.717) is 32.7 Å². The molecule has 0 atom stereocenters. The minimum atomic E-state index is -0.275. The zero-order valence-electron chi connectivity index (χ0n) is 13.5. The van der Waals surface area contributed by atoms with Gasteiger partial charge >= 0.3 is 0 Å². The molecule has 0 aromatic carbocycles. The first kappa shape index (κ1) is 16.9. The first-order valence-electron chi connectivity index (χ1n) is 7.83. The zero-order chi connectivity index (χ0) is 16.8. The highest BCUT2D eigenvalue weighted by atomic mass is 16.2. The molecule has 7 heteroatoms. The van der Waals surface area contributed by atoms with E-state index in [4.69, 9.17) is 0 Å². The molecule has 1 aromatic rings. The predicted molar refractivity (Wildman–Crippen MR) is 85.0 cm³/mol. The summed E-state index contributed by atoms with van der Waals surface area (Å²) in [7, 11) is 0. The molecule has 1 saturated heterocycles. The van der Waals surface area contributed by atoms with Crippen molar-refractivity contribution in [1.29, 1.82) is 0 Å². The van der Waals surface area contributed by atoms with Crippen molar-refractivity contribution in [3.8, 4) is 0 Å². The van der Waals surface area contributed by atoms with Crippen LogP contribution in [0.2, 0.25) is 0 Å². The van der Waals surface area contributed by atoms with Gasteiger partial charge in [-0.05, 0) is 18.6 Å². The molecular formula is C16H22N4O3. The molecule has 23 heavy (non-hydrogen) atoms. The molecule has 2 heterocycles. The first-order valence-corrected chi connectivity index (χ1v) is 7.83. The van der Waals surface area contributed by atoms with Gasteiger partial charge in [-0.3, -0.25) is 14.4 Å². The smallest absolute Gasteiger partial charge is 0.272 e. The van der Waals surface area contributed by atoms with Gasteiger partial charge in [0.1, 0.15) is 11.4 Å². The summed E-state index contributed by atoms with van der Waals surface area (Å²) in [6.45, 7) is 6.08. The molecule has 0 spiro atoms. The van der Waals surface area contributed by atoms with Gasteiger partial charge in [0.05, 0.1) is 0 Å². The fourth-order valence-electron chi connectivity index (χ4n) is 2.40. The molecule has 3 amide bonds. The van der Waals surface area contributed by atoms with Gasteiger partial charge in [-0.1, -0.05) is 13.0 Å². The Balaban J connectivity index is 2.03. The van der Waals surface area contributed by atoms with Gasteiger partial charge < -0.3 is 15.1 Å². The number of carbonyl (C=O) groups is 3. The summed E-state index contributed by atoms with van der Waals surface area (Å²) in [5, 5.41) is 2.74. The van der Waals surface area contributed by atoms with Crippen LogP contribution in [0.15, 0.2) is 18.2 Å². The van der Waals surface area contributed by atoms with Crippen LogP contribution in [0.5, 0.6) is 0 Å². The van der Waals surface area contributed by atoms with Crippen molar-refractivity contribution >= 4 is 17.7 Å². The van der Waals surface area contributed by atoms with Crippen molar-refractivity contribution in [2.75, 3.05) is 32.7 Å². The maximum Gasteiger partial charge on any atom is 0.272 e. The standard InChI is InChI=1S/C16H22N4O3/c1-3-7-17-15(22)13-5-4-6-14(18-13)16(23)20-10-8-19(9-11-20)12(2)21/h4-6H,3,7-11H2,1-2H3,(H,17,22). The summed E-state index contributed by atoms with van der Waals surface area (Å²) in [4.78, 5) is 43.3. The number of amides is 3. The number of rotatable bonds is 4. The number of nitrogens with one attached hydrogen (secondary N) is 1. The number of nitrogens with zero attached hydrogens (tertiary/aromatic N) is 3. The fraction of sp³-hybridized carbons (Fsp3) is 0.500. The van der Waals surface area contributed by atoms with Gasteiger partial charge in [0.2, 0.25) is 5.91 Å². The van der Waals surface area contributed by atoms with E-state index in [1.54, 1.807) is 28.0 Å². The highest BCUT2D eigenvalue weighted by Gasteiger charge is 2.24. The predicted octanol–water partition coefficient (Wildman–Crippen LogP) is 0.526. The zero-order valence-corrected chi connectivity index (χ0v) is 13.5. The Hall–Kier alpha value is -2.44. The molecule has 0 unspecified atom stereocenters. The molecule has 0 radical (unpaired) electrons. The van der Waals surface area contributed by atoms with E-state index in [2.05, 4.69) is 10.3 Å². The molecule has 0 bridgehead atoms. The summed E-state index contributed by atoms with van der Waals surface area (Å²) in [6, 6.07) is 4.86. The van der Waals surface area contributed by atoms with Crippen LogP contribution in [-0.4, -0.2) is 65.2 Å². The molecule has 2 rings (SSSR count). The Morgan fingerprint density at radius 3 is 2.30 bits per heavy atom. The molecule has 124 valence electrons. The normalized spacial score (nSPS) is 14.5. The summed E-state index contributed by atoms with van der Waals surface area (Å²) in [5.74, 6) is -0.467. The Labute approximate surface area is 135 Å². The summed E-state index contributed by atoms with van der Waals surface area (Å²) >= 11 is 0. The fourth-order valence-corrected chi connectivity index (χ4v) is 2.40. The van der Waals surface area contributed by atoms with Crippen LogP contribution in [-0.2, 0) is 4.79 Å². The summed E-state index contributed by atoms with van der Waals surface area (Å²) < 4.78 is 0. The Kier molecular flexibility index (Phi) is 5.67. The van der Waals surface area contributed by atoms with Crippen molar-refractivity contribution in [2.45, 2.75) is 20.3 Å². The van der Waals surface area contributed by atoms with Gasteiger partial charge in [-0.25, -0.2) is 4.98 Å². The van der Waals surface area contributed by atoms with Crippen molar-refractivity contribution in [1.82, 2.24) is 20.1 Å². The first-order chi connectivity index (χ1) is 11.0. The maximum absolute atomic E-state index is 12.5. The number of aromatic nitrogens is 1. The SMILES string of the molecule is CCCNC(=O)c1cccc(C(=O)N2CCN(C(C)=O)CC2)n1. The minimum Gasteiger partial charge on any atom is -0.351 e. The molecule has 1 aliphatic heterocycles.